The number of terminal acetylenes is 1. The first-order valence-electron chi connectivity index (χ1n) is 7.43. The average Bonchev–Trinajstić information content (AvgIpc) is 2.55. The number of hydrogen-bond acceptors (Lipinski definition) is 2. The van der Waals surface area contributed by atoms with Crippen molar-refractivity contribution in [2.45, 2.75) is 12.8 Å². The van der Waals surface area contributed by atoms with Gasteiger partial charge in [0, 0.05) is 24.2 Å². The van der Waals surface area contributed by atoms with Crippen LogP contribution in [0.4, 0.5) is 0 Å². The van der Waals surface area contributed by atoms with E-state index in [0.717, 1.165) is 31.5 Å². The molecule has 1 aliphatic heterocycles. The van der Waals surface area contributed by atoms with Gasteiger partial charge in [0.25, 0.3) is 0 Å². The summed E-state index contributed by atoms with van der Waals surface area (Å²) in [5, 5.41) is 0.649. The highest BCUT2D eigenvalue weighted by atomic mass is 35.5. The van der Waals surface area contributed by atoms with Crippen LogP contribution >= 0.6 is 11.6 Å². The first-order chi connectivity index (χ1) is 10.7. The van der Waals surface area contributed by atoms with Gasteiger partial charge in [-0.3, -0.25) is 4.79 Å². The van der Waals surface area contributed by atoms with Crippen molar-refractivity contribution in [2.24, 2.45) is 5.92 Å². The number of rotatable bonds is 5. The number of ether oxygens (including phenoxy) is 1. The third kappa shape index (κ3) is 4.91. The minimum Gasteiger partial charge on any atom is -0.369 e. The minimum absolute atomic E-state index is 0.0305. The minimum atomic E-state index is 0.0305. The molecule has 0 spiro atoms. The fraction of sp³-hybridized carbons (Fsp3) is 0.389. The molecule has 1 aliphatic rings. The van der Waals surface area contributed by atoms with Crippen LogP contribution in [0.2, 0.25) is 5.02 Å². The zero-order valence-electron chi connectivity index (χ0n) is 12.5. The summed E-state index contributed by atoms with van der Waals surface area (Å²) >= 11 is 6.07. The molecule has 1 amide bonds. The van der Waals surface area contributed by atoms with Crippen molar-refractivity contribution in [1.82, 2.24) is 4.90 Å². The Morgan fingerprint density at radius 1 is 1.41 bits per heavy atom. The number of piperidine rings is 1. The molecule has 0 aliphatic carbocycles. The summed E-state index contributed by atoms with van der Waals surface area (Å²) in [5.41, 5.74) is 0.857. The molecule has 0 bridgehead atoms. The fourth-order valence-electron chi connectivity index (χ4n) is 2.48. The molecule has 22 heavy (non-hydrogen) atoms. The van der Waals surface area contributed by atoms with Gasteiger partial charge in [0.05, 0.1) is 6.61 Å². The highest BCUT2D eigenvalue weighted by Gasteiger charge is 2.21. The Morgan fingerprint density at radius 3 is 2.82 bits per heavy atom. The zero-order valence-corrected chi connectivity index (χ0v) is 13.3. The first-order valence-corrected chi connectivity index (χ1v) is 7.81. The van der Waals surface area contributed by atoms with Gasteiger partial charge >= 0.3 is 0 Å². The molecule has 0 saturated carbocycles. The van der Waals surface area contributed by atoms with E-state index in [1.165, 1.54) is 0 Å². The summed E-state index contributed by atoms with van der Waals surface area (Å²) < 4.78 is 5.37. The van der Waals surface area contributed by atoms with E-state index in [0.29, 0.717) is 24.2 Å². The van der Waals surface area contributed by atoms with Crippen molar-refractivity contribution >= 4 is 23.6 Å². The number of nitrogens with zero attached hydrogens (tertiary/aromatic N) is 1. The van der Waals surface area contributed by atoms with Gasteiger partial charge in [0.2, 0.25) is 5.91 Å². The predicted octanol–water partition coefficient (Wildman–Crippen LogP) is 3.24. The van der Waals surface area contributed by atoms with E-state index >= 15 is 0 Å². The SMILES string of the molecule is C#CCOCC1CCN(C(=O)/C=C/c2ccccc2Cl)CC1. The van der Waals surface area contributed by atoms with Crippen LogP contribution in [0.1, 0.15) is 18.4 Å². The van der Waals surface area contributed by atoms with Gasteiger partial charge in [-0.25, -0.2) is 0 Å². The van der Waals surface area contributed by atoms with E-state index in [4.69, 9.17) is 22.8 Å². The average molecular weight is 318 g/mol. The van der Waals surface area contributed by atoms with Crippen molar-refractivity contribution in [1.29, 1.82) is 0 Å². The number of likely N-dealkylation sites (tertiary alicyclic amines) is 1. The predicted molar refractivity (Wildman–Crippen MR) is 89.4 cm³/mol. The number of hydrogen-bond donors (Lipinski definition) is 0. The number of carbonyl (C=O) groups excluding carboxylic acids is 1. The van der Waals surface area contributed by atoms with Gasteiger partial charge in [-0.05, 0) is 36.5 Å². The van der Waals surface area contributed by atoms with E-state index in [-0.39, 0.29) is 5.91 Å². The first kappa shape index (κ1) is 16.6. The summed E-state index contributed by atoms with van der Waals surface area (Å²) in [6, 6.07) is 7.47. The maximum atomic E-state index is 12.2. The molecule has 3 nitrogen and oxygen atoms in total. The monoisotopic (exact) mass is 317 g/mol. The van der Waals surface area contributed by atoms with Gasteiger partial charge in [-0.1, -0.05) is 35.7 Å². The molecule has 1 heterocycles. The molecule has 4 heteroatoms. The molecule has 0 unspecified atom stereocenters. The van der Waals surface area contributed by atoms with Gasteiger partial charge in [-0.2, -0.15) is 0 Å². The van der Waals surface area contributed by atoms with Crippen LogP contribution in [-0.2, 0) is 9.53 Å². The van der Waals surface area contributed by atoms with Crippen LogP contribution in [0.15, 0.2) is 30.3 Å². The molecular weight excluding hydrogens is 298 g/mol. The van der Waals surface area contributed by atoms with Crippen molar-refractivity contribution in [2.75, 3.05) is 26.3 Å². The van der Waals surface area contributed by atoms with Gasteiger partial charge in [-0.15, -0.1) is 6.42 Å². The molecule has 0 atom stereocenters. The van der Waals surface area contributed by atoms with Crippen LogP contribution in [0.3, 0.4) is 0 Å². The molecular formula is C18H20ClNO2. The van der Waals surface area contributed by atoms with Crippen LogP contribution in [-0.4, -0.2) is 37.1 Å². The second-order valence-corrected chi connectivity index (χ2v) is 5.75. The third-order valence-electron chi connectivity index (χ3n) is 3.78. The molecule has 0 radical (unpaired) electrons. The zero-order chi connectivity index (χ0) is 15.8. The Hall–Kier alpha value is -1.76. The van der Waals surface area contributed by atoms with Crippen LogP contribution in [0, 0.1) is 18.3 Å². The van der Waals surface area contributed by atoms with E-state index < -0.39 is 0 Å². The van der Waals surface area contributed by atoms with E-state index in [2.05, 4.69) is 5.92 Å². The molecule has 1 aromatic rings. The topological polar surface area (TPSA) is 29.5 Å². The highest BCUT2D eigenvalue weighted by molar-refractivity contribution is 6.32. The summed E-state index contributed by atoms with van der Waals surface area (Å²) in [7, 11) is 0. The summed E-state index contributed by atoms with van der Waals surface area (Å²) in [5.74, 6) is 2.99. The lowest BCUT2D eigenvalue weighted by atomic mass is 9.98. The van der Waals surface area contributed by atoms with E-state index in [9.17, 15) is 4.79 Å². The largest absolute Gasteiger partial charge is 0.369 e. The smallest absolute Gasteiger partial charge is 0.246 e. The summed E-state index contributed by atoms with van der Waals surface area (Å²) in [6.07, 6.45) is 10.4. The summed E-state index contributed by atoms with van der Waals surface area (Å²) in [4.78, 5) is 14.1. The van der Waals surface area contributed by atoms with Crippen molar-refractivity contribution in [3.05, 3.63) is 40.9 Å². The number of halogens is 1. The Morgan fingerprint density at radius 2 is 2.14 bits per heavy atom. The highest BCUT2D eigenvalue weighted by Crippen LogP contribution is 2.19. The van der Waals surface area contributed by atoms with Gasteiger partial charge in [0.1, 0.15) is 6.61 Å². The van der Waals surface area contributed by atoms with Gasteiger partial charge < -0.3 is 9.64 Å². The number of carbonyl (C=O) groups is 1. The van der Waals surface area contributed by atoms with Crippen molar-refractivity contribution in [3.8, 4) is 12.3 Å². The Bertz CT molecular complexity index is 569. The standard InChI is InChI=1S/C18H20ClNO2/c1-2-13-22-14-15-9-11-20(12-10-15)18(21)8-7-16-5-3-4-6-17(16)19/h1,3-8,15H,9-14H2/b8-7+. The van der Waals surface area contributed by atoms with Gasteiger partial charge in [0.15, 0.2) is 0 Å². The quantitative estimate of drug-likeness (QED) is 0.474. The Labute approximate surface area is 136 Å². The third-order valence-corrected chi connectivity index (χ3v) is 4.12. The lowest BCUT2D eigenvalue weighted by Gasteiger charge is -2.31. The van der Waals surface area contributed by atoms with Crippen molar-refractivity contribution < 1.29 is 9.53 Å². The molecule has 116 valence electrons. The molecule has 1 aromatic carbocycles. The second kappa shape index (κ2) is 8.63. The van der Waals surface area contributed by atoms with Crippen LogP contribution < -0.4 is 0 Å². The Kier molecular flexibility index (Phi) is 6.51. The van der Waals surface area contributed by atoms with E-state index in [1.807, 2.05) is 29.2 Å². The molecule has 1 saturated heterocycles. The maximum Gasteiger partial charge on any atom is 0.246 e. The summed E-state index contributed by atoms with van der Waals surface area (Å²) in [6.45, 7) is 2.56. The number of amides is 1. The molecule has 2 rings (SSSR count). The van der Waals surface area contributed by atoms with E-state index in [1.54, 1.807) is 12.2 Å². The maximum absolute atomic E-state index is 12.2. The van der Waals surface area contributed by atoms with Crippen molar-refractivity contribution in [3.63, 3.8) is 0 Å². The lowest BCUT2D eigenvalue weighted by molar-refractivity contribution is -0.127. The molecule has 0 aromatic heterocycles. The number of benzene rings is 1. The normalized spacial score (nSPS) is 15.9. The fourth-order valence-corrected chi connectivity index (χ4v) is 2.68. The molecule has 0 N–H and O–H groups in total. The van der Waals surface area contributed by atoms with Crippen LogP contribution in [0.25, 0.3) is 6.08 Å². The molecule has 1 fully saturated rings. The lowest BCUT2D eigenvalue weighted by Crippen LogP contribution is -2.38. The Balaban J connectivity index is 1.80. The second-order valence-electron chi connectivity index (χ2n) is 5.34. The van der Waals surface area contributed by atoms with Crippen LogP contribution in [0.5, 0.6) is 0 Å².